The summed E-state index contributed by atoms with van der Waals surface area (Å²) in [7, 11) is 1.33. The molecule has 0 saturated carbocycles. The number of halogens is 1. The lowest BCUT2D eigenvalue weighted by molar-refractivity contribution is -0.145. The molecule has 2 heterocycles. The van der Waals surface area contributed by atoms with Gasteiger partial charge in [0.05, 0.1) is 13.0 Å². The fraction of sp³-hybridized carbons (Fsp3) is 0.278. The van der Waals surface area contributed by atoms with E-state index >= 15 is 0 Å². The molecule has 0 spiro atoms. The van der Waals surface area contributed by atoms with E-state index < -0.39 is 5.92 Å². The molecule has 5 nitrogen and oxygen atoms in total. The second-order valence-electron chi connectivity index (χ2n) is 5.71. The van der Waals surface area contributed by atoms with E-state index in [1.807, 2.05) is 0 Å². The van der Waals surface area contributed by atoms with Gasteiger partial charge in [-0.05, 0) is 29.8 Å². The van der Waals surface area contributed by atoms with E-state index in [9.17, 15) is 14.0 Å². The van der Waals surface area contributed by atoms with Crippen LogP contribution in [0.25, 0.3) is 0 Å². The highest BCUT2D eigenvalue weighted by molar-refractivity contribution is 5.93. The van der Waals surface area contributed by atoms with Crippen molar-refractivity contribution in [2.24, 2.45) is 5.92 Å². The molecule has 6 heteroatoms. The normalized spacial score (nSPS) is 20.0. The minimum absolute atomic E-state index is 0.228. The van der Waals surface area contributed by atoms with Crippen LogP contribution in [0, 0.1) is 11.7 Å². The minimum Gasteiger partial charge on any atom is -0.469 e. The van der Waals surface area contributed by atoms with Crippen molar-refractivity contribution in [2.75, 3.05) is 20.2 Å². The third-order valence-electron chi connectivity index (χ3n) is 4.29. The Morgan fingerprint density at radius 2 is 1.92 bits per heavy atom. The number of hydrogen-bond donors (Lipinski definition) is 0. The largest absolute Gasteiger partial charge is 0.469 e. The van der Waals surface area contributed by atoms with Crippen LogP contribution >= 0.6 is 0 Å². The Hall–Kier alpha value is -2.76. The average Bonchev–Trinajstić information content (AvgIpc) is 3.07. The number of amides is 1. The maximum atomic E-state index is 13.2. The summed E-state index contributed by atoms with van der Waals surface area (Å²) >= 11 is 0. The SMILES string of the molecule is COC(=O)[C@H]1CN(C(=O)c2ccccn2)C[C@@H]1c1ccc(F)cc1. The molecule has 1 aliphatic rings. The van der Waals surface area contributed by atoms with Crippen LogP contribution < -0.4 is 0 Å². The molecular weight excluding hydrogens is 311 g/mol. The van der Waals surface area contributed by atoms with Crippen molar-refractivity contribution in [3.63, 3.8) is 0 Å². The highest BCUT2D eigenvalue weighted by Gasteiger charge is 2.41. The average molecular weight is 328 g/mol. The molecule has 0 N–H and O–H groups in total. The molecule has 0 aliphatic carbocycles. The Morgan fingerprint density at radius 1 is 1.17 bits per heavy atom. The van der Waals surface area contributed by atoms with Gasteiger partial charge in [0.1, 0.15) is 11.5 Å². The van der Waals surface area contributed by atoms with Gasteiger partial charge >= 0.3 is 5.97 Å². The second-order valence-corrected chi connectivity index (χ2v) is 5.71. The van der Waals surface area contributed by atoms with Crippen molar-refractivity contribution >= 4 is 11.9 Å². The Balaban J connectivity index is 1.86. The number of likely N-dealkylation sites (tertiary alicyclic amines) is 1. The first-order valence-electron chi connectivity index (χ1n) is 7.63. The van der Waals surface area contributed by atoms with E-state index in [2.05, 4.69) is 4.98 Å². The first-order valence-corrected chi connectivity index (χ1v) is 7.63. The van der Waals surface area contributed by atoms with E-state index in [0.29, 0.717) is 12.2 Å². The highest BCUT2D eigenvalue weighted by Crippen LogP contribution is 2.34. The van der Waals surface area contributed by atoms with Crippen molar-refractivity contribution < 1.29 is 18.7 Å². The number of esters is 1. The summed E-state index contributed by atoms with van der Waals surface area (Å²) in [6, 6.07) is 11.1. The molecule has 2 atom stereocenters. The molecular formula is C18H17FN2O3. The summed E-state index contributed by atoms with van der Waals surface area (Å²) in [6.45, 7) is 0.616. The summed E-state index contributed by atoms with van der Waals surface area (Å²) in [5, 5.41) is 0. The molecule has 1 aromatic heterocycles. The molecule has 1 amide bonds. The van der Waals surface area contributed by atoms with Crippen LogP contribution in [0.5, 0.6) is 0 Å². The van der Waals surface area contributed by atoms with Crippen LogP contribution in [-0.2, 0) is 9.53 Å². The van der Waals surface area contributed by atoms with Gasteiger partial charge in [0.15, 0.2) is 0 Å². The molecule has 1 saturated heterocycles. The zero-order valence-corrected chi connectivity index (χ0v) is 13.2. The van der Waals surface area contributed by atoms with Crippen LogP contribution in [0.15, 0.2) is 48.7 Å². The van der Waals surface area contributed by atoms with E-state index in [1.165, 1.54) is 19.2 Å². The molecule has 2 aromatic rings. The van der Waals surface area contributed by atoms with Crippen LogP contribution in [0.4, 0.5) is 4.39 Å². The molecule has 1 fully saturated rings. The lowest BCUT2D eigenvalue weighted by atomic mass is 9.89. The number of rotatable bonds is 3. The highest BCUT2D eigenvalue weighted by atomic mass is 19.1. The van der Waals surface area contributed by atoms with Crippen LogP contribution in [-0.4, -0.2) is 42.0 Å². The van der Waals surface area contributed by atoms with Gasteiger partial charge < -0.3 is 9.64 Å². The molecule has 1 aromatic carbocycles. The maximum Gasteiger partial charge on any atom is 0.311 e. The van der Waals surface area contributed by atoms with Gasteiger partial charge in [0, 0.05) is 25.2 Å². The van der Waals surface area contributed by atoms with Crippen molar-refractivity contribution in [1.82, 2.24) is 9.88 Å². The number of nitrogens with zero attached hydrogens (tertiary/aromatic N) is 2. The number of ether oxygens (including phenoxy) is 1. The van der Waals surface area contributed by atoms with Crippen molar-refractivity contribution in [2.45, 2.75) is 5.92 Å². The number of pyridine rings is 1. The summed E-state index contributed by atoms with van der Waals surface area (Å²) in [5.41, 5.74) is 1.14. The van der Waals surface area contributed by atoms with Gasteiger partial charge in [-0.15, -0.1) is 0 Å². The van der Waals surface area contributed by atoms with Gasteiger partial charge in [-0.25, -0.2) is 4.39 Å². The maximum absolute atomic E-state index is 13.2. The van der Waals surface area contributed by atoms with Gasteiger partial charge in [0.25, 0.3) is 5.91 Å². The molecule has 124 valence electrons. The number of carbonyl (C=O) groups is 2. The van der Waals surface area contributed by atoms with E-state index in [4.69, 9.17) is 4.74 Å². The fourth-order valence-corrected chi connectivity index (χ4v) is 3.06. The smallest absolute Gasteiger partial charge is 0.311 e. The van der Waals surface area contributed by atoms with E-state index in [-0.39, 0.29) is 30.2 Å². The van der Waals surface area contributed by atoms with Crippen molar-refractivity contribution in [3.8, 4) is 0 Å². The topological polar surface area (TPSA) is 59.5 Å². The third kappa shape index (κ3) is 3.13. The Kier molecular flexibility index (Phi) is 4.55. The fourth-order valence-electron chi connectivity index (χ4n) is 3.06. The number of aromatic nitrogens is 1. The Morgan fingerprint density at radius 3 is 2.54 bits per heavy atom. The standard InChI is InChI=1S/C18H17FN2O3/c1-24-18(23)15-11-21(17(22)16-4-2-3-9-20-16)10-14(15)12-5-7-13(19)8-6-12/h2-9,14-15H,10-11H2,1H3/t14-,15+/m1/s1. The molecule has 0 unspecified atom stereocenters. The zero-order chi connectivity index (χ0) is 17.1. The van der Waals surface area contributed by atoms with Crippen molar-refractivity contribution in [3.05, 3.63) is 65.7 Å². The number of hydrogen-bond acceptors (Lipinski definition) is 4. The monoisotopic (exact) mass is 328 g/mol. The quantitative estimate of drug-likeness (QED) is 0.811. The number of benzene rings is 1. The van der Waals surface area contributed by atoms with Crippen molar-refractivity contribution in [1.29, 1.82) is 0 Å². The summed E-state index contributed by atoms with van der Waals surface area (Å²) < 4.78 is 18.0. The van der Waals surface area contributed by atoms with E-state index in [0.717, 1.165) is 5.56 Å². The first kappa shape index (κ1) is 16.1. The molecule has 0 bridgehead atoms. The lowest BCUT2D eigenvalue weighted by Crippen LogP contribution is -2.30. The first-order chi connectivity index (χ1) is 11.6. The second kappa shape index (κ2) is 6.78. The lowest BCUT2D eigenvalue weighted by Gasteiger charge is -2.16. The number of methoxy groups -OCH3 is 1. The summed E-state index contributed by atoms with van der Waals surface area (Å²) in [4.78, 5) is 30.4. The van der Waals surface area contributed by atoms with Gasteiger partial charge in [-0.3, -0.25) is 14.6 Å². The molecule has 0 radical (unpaired) electrons. The minimum atomic E-state index is -0.479. The molecule has 3 rings (SSSR count). The third-order valence-corrected chi connectivity index (χ3v) is 4.29. The van der Waals surface area contributed by atoms with Crippen LogP contribution in [0.2, 0.25) is 0 Å². The van der Waals surface area contributed by atoms with E-state index in [1.54, 1.807) is 41.4 Å². The number of carbonyl (C=O) groups excluding carboxylic acids is 2. The van der Waals surface area contributed by atoms with Gasteiger partial charge in [-0.2, -0.15) is 0 Å². The van der Waals surface area contributed by atoms with Crippen LogP contribution in [0.1, 0.15) is 22.0 Å². The predicted octanol–water partition coefficient (Wildman–Crippen LogP) is 2.25. The molecule has 24 heavy (non-hydrogen) atoms. The zero-order valence-electron chi connectivity index (χ0n) is 13.2. The summed E-state index contributed by atoms with van der Waals surface area (Å²) in [5.74, 6) is -1.65. The van der Waals surface area contributed by atoms with Crippen LogP contribution in [0.3, 0.4) is 0 Å². The Labute approximate surface area is 139 Å². The van der Waals surface area contributed by atoms with Gasteiger partial charge in [-0.1, -0.05) is 18.2 Å². The van der Waals surface area contributed by atoms with Gasteiger partial charge in [0.2, 0.25) is 0 Å². The predicted molar refractivity (Wildman–Crippen MR) is 84.8 cm³/mol. The Bertz CT molecular complexity index is 734. The summed E-state index contributed by atoms with van der Waals surface area (Å²) in [6.07, 6.45) is 1.55. The molecule has 1 aliphatic heterocycles.